The monoisotopic (exact) mass is 300 g/mol. The van der Waals surface area contributed by atoms with E-state index in [0.717, 1.165) is 0 Å². The zero-order chi connectivity index (χ0) is 15.9. The number of fused-ring (bicyclic) bond motifs is 1. The summed E-state index contributed by atoms with van der Waals surface area (Å²) in [6.07, 6.45) is 0. The minimum Gasteiger partial charge on any atom is -0.327 e. The van der Waals surface area contributed by atoms with Gasteiger partial charge in [-0.3, -0.25) is 14.9 Å². The maximum atomic E-state index is 12.2. The van der Waals surface area contributed by atoms with E-state index < -0.39 is 17.0 Å². The summed E-state index contributed by atoms with van der Waals surface area (Å²) >= 11 is 0. The van der Waals surface area contributed by atoms with Crippen LogP contribution in [0, 0.1) is 17.0 Å². The Balaban J connectivity index is 2.11. The molecule has 1 aliphatic rings. The number of rotatable bonds is 2. The molecule has 1 unspecified atom stereocenters. The summed E-state index contributed by atoms with van der Waals surface area (Å²) in [7, 11) is 0. The van der Waals surface area contributed by atoms with Crippen LogP contribution in [-0.2, 0) is 0 Å². The minimum atomic E-state index is -0.658. The predicted molar refractivity (Wildman–Crippen MR) is 78.9 cm³/mol. The average molecular weight is 300 g/mol. The van der Waals surface area contributed by atoms with Gasteiger partial charge in [0.05, 0.1) is 22.2 Å². The third kappa shape index (κ3) is 2.30. The summed E-state index contributed by atoms with van der Waals surface area (Å²) in [6.45, 7) is 1.72. The molecule has 2 aromatic rings. The van der Waals surface area contributed by atoms with E-state index in [1.807, 2.05) is 0 Å². The van der Waals surface area contributed by atoms with Crippen LogP contribution in [0.1, 0.15) is 22.9 Å². The van der Waals surface area contributed by atoms with Crippen molar-refractivity contribution in [1.29, 1.82) is 0 Å². The molecular weight excluding hydrogens is 288 g/mol. The Labute approximate surface area is 124 Å². The Kier molecular flexibility index (Phi) is 3.13. The molecule has 8 nitrogen and oxygen atoms in total. The first-order valence-electron chi connectivity index (χ1n) is 6.51. The molecule has 0 saturated heterocycles. The van der Waals surface area contributed by atoms with Gasteiger partial charge in [-0.05, 0) is 30.7 Å². The van der Waals surface area contributed by atoms with Gasteiger partial charge in [0.25, 0.3) is 11.2 Å². The number of carbonyl (C=O) groups is 1. The summed E-state index contributed by atoms with van der Waals surface area (Å²) < 4.78 is 0. The van der Waals surface area contributed by atoms with Crippen LogP contribution in [0.25, 0.3) is 0 Å². The molecular formula is C14H12N4O4. The molecule has 112 valence electrons. The Morgan fingerprint density at radius 2 is 1.86 bits per heavy atom. The van der Waals surface area contributed by atoms with E-state index in [-0.39, 0.29) is 11.2 Å². The van der Waals surface area contributed by atoms with Crippen LogP contribution in [0.15, 0.2) is 35.1 Å². The predicted octanol–water partition coefficient (Wildman–Crippen LogP) is 1.82. The van der Waals surface area contributed by atoms with Crippen molar-refractivity contribution >= 4 is 17.4 Å². The fourth-order valence-corrected chi connectivity index (χ4v) is 2.49. The Morgan fingerprint density at radius 1 is 1.18 bits per heavy atom. The van der Waals surface area contributed by atoms with E-state index in [1.165, 1.54) is 24.3 Å². The van der Waals surface area contributed by atoms with Crippen molar-refractivity contribution < 1.29 is 9.72 Å². The number of nitrogens with one attached hydrogen (secondary N) is 3. The number of amides is 2. The highest BCUT2D eigenvalue weighted by atomic mass is 16.6. The van der Waals surface area contributed by atoms with Crippen LogP contribution in [0.2, 0.25) is 0 Å². The number of non-ortho nitro benzene ring substituents is 1. The van der Waals surface area contributed by atoms with Crippen molar-refractivity contribution in [3.63, 3.8) is 0 Å². The smallest absolute Gasteiger partial charge is 0.320 e. The first kappa shape index (κ1) is 13.8. The van der Waals surface area contributed by atoms with E-state index in [4.69, 9.17) is 0 Å². The van der Waals surface area contributed by atoms with Crippen molar-refractivity contribution in [2.75, 3.05) is 5.32 Å². The molecule has 1 aromatic heterocycles. The maximum absolute atomic E-state index is 12.2. The second kappa shape index (κ2) is 4.99. The number of aromatic nitrogens is 1. The zero-order valence-electron chi connectivity index (χ0n) is 11.5. The van der Waals surface area contributed by atoms with Crippen LogP contribution >= 0.6 is 0 Å². The zero-order valence-corrected chi connectivity index (χ0v) is 11.5. The molecule has 1 aliphatic heterocycles. The van der Waals surface area contributed by atoms with Gasteiger partial charge >= 0.3 is 6.03 Å². The topological polar surface area (TPSA) is 117 Å². The molecule has 0 saturated carbocycles. The normalized spacial score (nSPS) is 16.4. The number of aryl methyl sites for hydroxylation is 1. The molecule has 0 spiro atoms. The largest absolute Gasteiger partial charge is 0.327 e. The van der Waals surface area contributed by atoms with E-state index >= 15 is 0 Å². The van der Waals surface area contributed by atoms with Gasteiger partial charge in [0.15, 0.2) is 0 Å². The molecule has 3 rings (SSSR count). The van der Waals surface area contributed by atoms with Gasteiger partial charge in [-0.1, -0.05) is 0 Å². The van der Waals surface area contributed by atoms with Crippen LogP contribution in [0.4, 0.5) is 16.2 Å². The lowest BCUT2D eigenvalue weighted by Crippen LogP contribution is -2.41. The minimum absolute atomic E-state index is 0.0537. The highest BCUT2D eigenvalue weighted by molar-refractivity contribution is 5.93. The number of pyridine rings is 1. The van der Waals surface area contributed by atoms with Crippen molar-refractivity contribution in [3.8, 4) is 0 Å². The molecule has 2 amide bonds. The van der Waals surface area contributed by atoms with Crippen LogP contribution < -0.4 is 16.2 Å². The summed E-state index contributed by atoms with van der Waals surface area (Å²) in [6, 6.07) is 6.31. The number of hydrogen-bond acceptors (Lipinski definition) is 4. The molecule has 22 heavy (non-hydrogen) atoms. The third-order valence-electron chi connectivity index (χ3n) is 3.46. The van der Waals surface area contributed by atoms with Gasteiger partial charge in [0.2, 0.25) is 0 Å². The van der Waals surface area contributed by atoms with Gasteiger partial charge in [0.1, 0.15) is 0 Å². The highest BCUT2D eigenvalue weighted by Gasteiger charge is 2.28. The van der Waals surface area contributed by atoms with Gasteiger partial charge in [-0.2, -0.15) is 0 Å². The van der Waals surface area contributed by atoms with E-state index in [0.29, 0.717) is 22.5 Å². The van der Waals surface area contributed by atoms with Gasteiger partial charge < -0.3 is 15.6 Å². The Hall–Kier alpha value is -3.16. The third-order valence-corrected chi connectivity index (χ3v) is 3.46. The lowest BCUT2D eigenvalue weighted by atomic mass is 9.96. The molecule has 0 fully saturated rings. The lowest BCUT2D eigenvalue weighted by Gasteiger charge is -2.26. The average Bonchev–Trinajstić information content (AvgIpc) is 2.45. The summed E-state index contributed by atoms with van der Waals surface area (Å²) in [5.41, 5.74) is 1.67. The highest BCUT2D eigenvalue weighted by Crippen LogP contribution is 2.30. The number of carbonyl (C=O) groups excluding carboxylic acids is 1. The van der Waals surface area contributed by atoms with E-state index in [9.17, 15) is 19.7 Å². The fraction of sp³-hybridized carbons (Fsp3) is 0.143. The molecule has 3 N–H and O–H groups in total. The lowest BCUT2D eigenvalue weighted by molar-refractivity contribution is -0.384. The molecule has 2 heterocycles. The first-order chi connectivity index (χ1) is 10.5. The van der Waals surface area contributed by atoms with Crippen molar-refractivity contribution in [2.45, 2.75) is 13.0 Å². The molecule has 0 radical (unpaired) electrons. The molecule has 0 aliphatic carbocycles. The molecule has 1 aromatic carbocycles. The second-order valence-corrected chi connectivity index (χ2v) is 4.99. The molecule has 1 atom stereocenters. The van der Waals surface area contributed by atoms with Gasteiger partial charge in [-0.25, -0.2) is 4.79 Å². The summed E-state index contributed by atoms with van der Waals surface area (Å²) in [4.78, 5) is 36.8. The number of nitro groups is 1. The molecule has 8 heteroatoms. The fourth-order valence-electron chi connectivity index (χ4n) is 2.49. The van der Waals surface area contributed by atoms with Crippen LogP contribution in [0.3, 0.4) is 0 Å². The number of nitrogens with zero attached hydrogens (tertiary/aromatic N) is 1. The van der Waals surface area contributed by atoms with Gasteiger partial charge in [-0.15, -0.1) is 0 Å². The number of urea groups is 1. The van der Waals surface area contributed by atoms with Gasteiger partial charge in [0, 0.05) is 17.8 Å². The van der Waals surface area contributed by atoms with Crippen LogP contribution in [0.5, 0.6) is 0 Å². The number of H-pyrrole nitrogens is 1. The van der Waals surface area contributed by atoms with Crippen molar-refractivity contribution in [2.24, 2.45) is 0 Å². The van der Waals surface area contributed by atoms with E-state index in [1.54, 1.807) is 13.0 Å². The van der Waals surface area contributed by atoms with Crippen molar-refractivity contribution in [1.82, 2.24) is 10.3 Å². The van der Waals surface area contributed by atoms with Crippen LogP contribution in [-0.4, -0.2) is 15.9 Å². The standard InChI is InChI=1S/C14H12N4O4/c1-7-6-10-11(13(19)15-7)12(17-14(20)16-10)8-2-4-9(5-3-8)18(21)22/h2-6,12H,1H3,(H,15,19)(H2,16,17,20). The number of nitro benzene ring substituents is 1. The molecule has 0 bridgehead atoms. The summed E-state index contributed by atoms with van der Waals surface area (Å²) in [5.74, 6) is 0. The maximum Gasteiger partial charge on any atom is 0.320 e. The Bertz CT molecular complexity index is 826. The number of anilines is 1. The van der Waals surface area contributed by atoms with Crippen molar-refractivity contribution in [3.05, 3.63) is 67.6 Å². The second-order valence-electron chi connectivity index (χ2n) is 4.99. The number of hydrogen-bond donors (Lipinski definition) is 3. The first-order valence-corrected chi connectivity index (χ1v) is 6.51. The SMILES string of the molecule is Cc1cc2c(c(=O)[nH]1)C(c1ccc([N+](=O)[O-])cc1)NC(=O)N2. The Morgan fingerprint density at radius 3 is 2.50 bits per heavy atom. The van der Waals surface area contributed by atoms with E-state index in [2.05, 4.69) is 15.6 Å². The summed E-state index contributed by atoms with van der Waals surface area (Å²) in [5, 5.41) is 16.0. The number of aromatic amines is 1. The quantitative estimate of drug-likeness (QED) is 0.579. The number of benzene rings is 1.